The summed E-state index contributed by atoms with van der Waals surface area (Å²) < 4.78 is 22.3. The van der Waals surface area contributed by atoms with Crippen molar-refractivity contribution in [2.45, 2.75) is 32.3 Å². The van der Waals surface area contributed by atoms with E-state index in [-0.39, 0.29) is 24.4 Å². The van der Waals surface area contributed by atoms with Gasteiger partial charge in [-0.25, -0.2) is 0 Å². The monoisotopic (exact) mass is 527 g/mol. The predicted octanol–water partition coefficient (Wildman–Crippen LogP) is 6.43. The van der Waals surface area contributed by atoms with E-state index in [9.17, 15) is 9.59 Å². The minimum absolute atomic E-state index is 0.222. The normalized spacial score (nSPS) is 10.5. The van der Waals surface area contributed by atoms with E-state index in [1.165, 1.54) is 7.11 Å². The van der Waals surface area contributed by atoms with Crippen molar-refractivity contribution in [1.82, 2.24) is 4.98 Å². The standard InChI is InChI=1S/C30H29NO6.C2H4/c1-5-10-22-14-15-26(21(3)17-22)36-29(32)18-24(35-25(6-2)23-11-9-16-31-20-23)19-30(33)37-28-13-8-7-12-27(28)34-4;1-2/h5,7-9,11-17,20,24H,1-2,10,18-19H2,3-4H3;1-2H2. The van der Waals surface area contributed by atoms with E-state index >= 15 is 0 Å². The Morgan fingerprint density at radius 2 is 1.64 bits per heavy atom. The molecule has 1 aromatic heterocycles. The molecule has 2 aromatic carbocycles. The summed E-state index contributed by atoms with van der Waals surface area (Å²) >= 11 is 0. The quantitative estimate of drug-likeness (QED) is 0.0882. The Hall–Kier alpha value is -4.87. The highest BCUT2D eigenvalue weighted by Crippen LogP contribution is 2.27. The van der Waals surface area contributed by atoms with Gasteiger partial charge in [-0.05, 0) is 54.8 Å². The Morgan fingerprint density at radius 3 is 2.21 bits per heavy atom. The maximum absolute atomic E-state index is 12.9. The van der Waals surface area contributed by atoms with Gasteiger partial charge in [-0.1, -0.05) is 42.7 Å². The summed E-state index contributed by atoms with van der Waals surface area (Å²) in [4.78, 5) is 29.8. The van der Waals surface area contributed by atoms with Crippen molar-refractivity contribution in [2.24, 2.45) is 0 Å². The number of aromatic nitrogens is 1. The van der Waals surface area contributed by atoms with Gasteiger partial charge in [0, 0.05) is 18.0 Å². The Labute approximate surface area is 229 Å². The topological polar surface area (TPSA) is 84.0 Å². The molecule has 0 aliphatic rings. The lowest BCUT2D eigenvalue weighted by Gasteiger charge is -2.19. The molecular weight excluding hydrogens is 494 g/mol. The number of methoxy groups -OCH3 is 1. The zero-order chi connectivity index (χ0) is 28.6. The number of aryl methyl sites for hydroxylation is 1. The summed E-state index contributed by atoms with van der Waals surface area (Å²) in [5.41, 5.74) is 5.18. The minimum atomic E-state index is -0.917. The largest absolute Gasteiger partial charge is 0.493 e. The summed E-state index contributed by atoms with van der Waals surface area (Å²) in [5, 5.41) is 0. The summed E-state index contributed by atoms with van der Waals surface area (Å²) in [6, 6.07) is 15.8. The molecule has 7 nitrogen and oxygen atoms in total. The van der Waals surface area contributed by atoms with Crippen molar-refractivity contribution in [3.8, 4) is 17.2 Å². The first-order chi connectivity index (χ1) is 18.9. The second-order valence-corrected chi connectivity index (χ2v) is 8.09. The molecule has 7 heteroatoms. The number of ether oxygens (including phenoxy) is 4. The van der Waals surface area contributed by atoms with Gasteiger partial charge in [-0.15, -0.1) is 19.7 Å². The Kier molecular flexibility index (Phi) is 12.5. The van der Waals surface area contributed by atoms with Crippen LogP contribution in [0.1, 0.15) is 29.5 Å². The van der Waals surface area contributed by atoms with E-state index in [1.807, 2.05) is 19.1 Å². The van der Waals surface area contributed by atoms with Gasteiger partial charge in [0.25, 0.3) is 0 Å². The molecule has 3 aromatic rings. The van der Waals surface area contributed by atoms with Crippen molar-refractivity contribution in [3.63, 3.8) is 0 Å². The third-order valence-electron chi connectivity index (χ3n) is 5.29. The van der Waals surface area contributed by atoms with Gasteiger partial charge in [-0.3, -0.25) is 14.6 Å². The van der Waals surface area contributed by atoms with Crippen LogP contribution in [-0.4, -0.2) is 30.1 Å². The lowest BCUT2D eigenvalue weighted by Crippen LogP contribution is -2.25. The van der Waals surface area contributed by atoms with Crippen molar-refractivity contribution in [2.75, 3.05) is 7.11 Å². The van der Waals surface area contributed by atoms with Gasteiger partial charge in [0.1, 0.15) is 11.9 Å². The number of pyridine rings is 1. The molecule has 39 heavy (non-hydrogen) atoms. The summed E-state index contributed by atoms with van der Waals surface area (Å²) in [6.45, 7) is 15.3. The fraction of sp³-hybridized carbons (Fsp3) is 0.188. The molecular formula is C32H33NO6. The van der Waals surface area contributed by atoms with Crippen LogP contribution in [-0.2, 0) is 20.7 Å². The van der Waals surface area contributed by atoms with E-state index < -0.39 is 18.0 Å². The van der Waals surface area contributed by atoms with Crippen molar-refractivity contribution >= 4 is 17.7 Å². The first-order valence-electron chi connectivity index (χ1n) is 12.1. The fourth-order valence-electron chi connectivity index (χ4n) is 3.55. The molecule has 0 aliphatic heterocycles. The van der Waals surface area contributed by atoms with Gasteiger partial charge in [0.15, 0.2) is 17.3 Å². The van der Waals surface area contributed by atoms with Crippen molar-refractivity contribution in [1.29, 1.82) is 0 Å². The van der Waals surface area contributed by atoms with Gasteiger partial charge in [0.2, 0.25) is 0 Å². The lowest BCUT2D eigenvalue weighted by atomic mass is 10.1. The predicted molar refractivity (Wildman–Crippen MR) is 151 cm³/mol. The van der Waals surface area contributed by atoms with Crippen LogP contribution in [0.2, 0.25) is 0 Å². The molecule has 1 heterocycles. The molecule has 0 amide bonds. The summed E-state index contributed by atoms with van der Waals surface area (Å²) in [5.74, 6) is 0.176. The van der Waals surface area contributed by atoms with Crippen LogP contribution < -0.4 is 14.2 Å². The molecule has 0 bridgehead atoms. The number of benzene rings is 2. The van der Waals surface area contributed by atoms with E-state index in [0.717, 1.165) is 11.1 Å². The van der Waals surface area contributed by atoms with E-state index in [0.29, 0.717) is 23.5 Å². The molecule has 202 valence electrons. The van der Waals surface area contributed by atoms with Crippen molar-refractivity contribution in [3.05, 3.63) is 122 Å². The molecule has 0 aliphatic carbocycles. The summed E-state index contributed by atoms with van der Waals surface area (Å²) in [7, 11) is 1.48. The average molecular weight is 528 g/mol. The first kappa shape index (κ1) is 30.4. The number of carbonyl (C=O) groups excluding carboxylic acids is 2. The van der Waals surface area contributed by atoms with Crippen LogP contribution >= 0.6 is 0 Å². The van der Waals surface area contributed by atoms with Crippen LogP contribution in [0, 0.1) is 6.92 Å². The van der Waals surface area contributed by atoms with Crippen LogP contribution in [0.15, 0.2) is 105 Å². The number of allylic oxidation sites excluding steroid dienone is 1. The molecule has 0 spiro atoms. The summed E-state index contributed by atoms with van der Waals surface area (Å²) in [6.07, 6.45) is 4.33. The lowest BCUT2D eigenvalue weighted by molar-refractivity contribution is -0.139. The Morgan fingerprint density at radius 1 is 0.974 bits per heavy atom. The maximum atomic E-state index is 12.9. The number of carbonyl (C=O) groups is 2. The van der Waals surface area contributed by atoms with Crippen LogP contribution in [0.5, 0.6) is 17.2 Å². The molecule has 0 fully saturated rings. The molecule has 0 N–H and O–H groups in total. The van der Waals surface area contributed by atoms with E-state index in [2.05, 4.69) is 37.0 Å². The number of para-hydroxylation sites is 2. The second kappa shape index (κ2) is 16.1. The third-order valence-corrected chi connectivity index (χ3v) is 5.29. The highest BCUT2D eigenvalue weighted by Gasteiger charge is 2.24. The van der Waals surface area contributed by atoms with Gasteiger partial charge in [-0.2, -0.15) is 0 Å². The molecule has 3 rings (SSSR count). The smallest absolute Gasteiger partial charge is 0.315 e. The SMILES string of the molecule is C=C.C=C=C(OC(CC(=O)Oc1ccc(CC=C)cc1C)CC(=O)Oc1ccccc1OC)c1cccnc1. The zero-order valence-electron chi connectivity index (χ0n) is 22.4. The Balaban J connectivity index is 0.00000260. The molecule has 0 radical (unpaired) electrons. The first-order valence-corrected chi connectivity index (χ1v) is 12.1. The molecule has 0 saturated heterocycles. The molecule has 0 saturated carbocycles. The van der Waals surface area contributed by atoms with Gasteiger partial charge in [0.05, 0.1) is 20.0 Å². The molecule has 1 atom stereocenters. The highest BCUT2D eigenvalue weighted by atomic mass is 16.6. The third kappa shape index (κ3) is 9.50. The average Bonchev–Trinajstić information content (AvgIpc) is 2.95. The van der Waals surface area contributed by atoms with Crippen LogP contribution in [0.4, 0.5) is 0 Å². The number of hydrogen-bond donors (Lipinski definition) is 0. The number of esters is 2. The minimum Gasteiger partial charge on any atom is -0.493 e. The number of nitrogens with zero attached hydrogens (tertiary/aromatic N) is 1. The second-order valence-electron chi connectivity index (χ2n) is 8.09. The number of hydrogen-bond acceptors (Lipinski definition) is 7. The van der Waals surface area contributed by atoms with Crippen LogP contribution in [0.25, 0.3) is 5.76 Å². The maximum Gasteiger partial charge on any atom is 0.315 e. The van der Waals surface area contributed by atoms with Gasteiger partial charge >= 0.3 is 11.9 Å². The molecule has 1 unspecified atom stereocenters. The highest BCUT2D eigenvalue weighted by molar-refractivity contribution is 5.77. The Bertz CT molecular complexity index is 1310. The van der Waals surface area contributed by atoms with Crippen LogP contribution in [0.3, 0.4) is 0 Å². The van der Waals surface area contributed by atoms with Gasteiger partial charge < -0.3 is 18.9 Å². The van der Waals surface area contributed by atoms with E-state index in [1.54, 1.807) is 60.9 Å². The zero-order valence-corrected chi connectivity index (χ0v) is 22.4. The van der Waals surface area contributed by atoms with Crippen molar-refractivity contribution < 1.29 is 28.5 Å². The fourth-order valence-corrected chi connectivity index (χ4v) is 3.55. The number of rotatable bonds is 12. The van der Waals surface area contributed by atoms with E-state index in [4.69, 9.17) is 18.9 Å².